The molecule has 1 atom stereocenters. The molecule has 1 aliphatic carbocycles. The minimum Gasteiger partial charge on any atom is -0.481 e. The van der Waals surface area contributed by atoms with E-state index in [0.717, 1.165) is 28.7 Å². The Labute approximate surface area is 188 Å². The van der Waals surface area contributed by atoms with Crippen LogP contribution in [-0.2, 0) is 14.3 Å². The minimum absolute atomic E-state index is 0.0289. The molecule has 32 heavy (non-hydrogen) atoms. The highest BCUT2D eigenvalue weighted by atomic mass is 16.5. The van der Waals surface area contributed by atoms with Gasteiger partial charge in [0.25, 0.3) is 0 Å². The fraction of sp³-hybridized carbons (Fsp3) is 0.400. The molecule has 7 nitrogen and oxygen atoms in total. The molecular formula is C25H30N2O5. The number of hydrogen-bond acceptors (Lipinski definition) is 4. The molecule has 1 aliphatic rings. The minimum atomic E-state index is -0.806. The Morgan fingerprint density at radius 1 is 0.969 bits per heavy atom. The van der Waals surface area contributed by atoms with Gasteiger partial charge in [0.05, 0.1) is 6.54 Å². The Balaban J connectivity index is 1.40. The van der Waals surface area contributed by atoms with E-state index < -0.39 is 12.1 Å². The first kappa shape index (κ1) is 23.3. The van der Waals surface area contributed by atoms with Crippen LogP contribution in [0, 0.1) is 5.92 Å². The number of alkyl carbamates (subject to hydrolysis) is 1. The van der Waals surface area contributed by atoms with Crippen LogP contribution in [0.4, 0.5) is 4.79 Å². The molecule has 2 aromatic carbocycles. The third-order valence-corrected chi connectivity index (χ3v) is 5.96. The highest BCUT2D eigenvalue weighted by Gasteiger charge is 2.29. The van der Waals surface area contributed by atoms with Crippen LogP contribution in [0.5, 0.6) is 0 Å². The molecule has 3 rings (SSSR count). The first-order valence-electron chi connectivity index (χ1n) is 11.1. The lowest BCUT2D eigenvalue weighted by atomic mass is 9.97. The van der Waals surface area contributed by atoms with Crippen LogP contribution in [0.2, 0.25) is 0 Å². The second kappa shape index (κ2) is 11.3. The molecule has 0 heterocycles. The molecular weight excluding hydrogens is 408 g/mol. The Hall–Kier alpha value is -3.35. The van der Waals surface area contributed by atoms with E-state index in [0.29, 0.717) is 19.4 Å². The number of fused-ring (bicyclic) bond motifs is 3. The molecule has 0 aliphatic heterocycles. The second-order valence-electron chi connectivity index (χ2n) is 8.02. The van der Waals surface area contributed by atoms with E-state index >= 15 is 0 Å². The monoisotopic (exact) mass is 438 g/mol. The number of aliphatic carboxylic acids is 1. The van der Waals surface area contributed by atoms with E-state index in [4.69, 9.17) is 9.84 Å². The van der Waals surface area contributed by atoms with Gasteiger partial charge in [0.2, 0.25) is 5.91 Å². The van der Waals surface area contributed by atoms with Crippen molar-refractivity contribution in [1.82, 2.24) is 10.6 Å². The van der Waals surface area contributed by atoms with E-state index in [9.17, 15) is 14.4 Å². The van der Waals surface area contributed by atoms with Crippen molar-refractivity contribution in [2.24, 2.45) is 5.92 Å². The van der Waals surface area contributed by atoms with Gasteiger partial charge in [-0.2, -0.15) is 0 Å². The first-order chi connectivity index (χ1) is 15.5. The summed E-state index contributed by atoms with van der Waals surface area (Å²) in [5, 5.41) is 14.0. The third-order valence-electron chi connectivity index (χ3n) is 5.96. The van der Waals surface area contributed by atoms with Crippen molar-refractivity contribution < 1.29 is 24.2 Å². The number of hydrogen-bond donors (Lipinski definition) is 3. The second-order valence-corrected chi connectivity index (χ2v) is 8.02. The van der Waals surface area contributed by atoms with Gasteiger partial charge in [0.15, 0.2) is 0 Å². The number of nitrogens with one attached hydrogen (secondary N) is 2. The molecule has 0 saturated heterocycles. The zero-order chi connectivity index (χ0) is 22.9. The molecule has 3 N–H and O–H groups in total. The molecule has 0 radical (unpaired) electrons. The number of rotatable bonds is 11. The summed E-state index contributed by atoms with van der Waals surface area (Å²) in [6.45, 7) is 2.49. The van der Waals surface area contributed by atoms with Gasteiger partial charge in [-0.1, -0.05) is 61.9 Å². The maximum atomic E-state index is 12.1. The number of amides is 2. The summed E-state index contributed by atoms with van der Waals surface area (Å²) in [5.74, 6) is -0.883. The first-order valence-corrected chi connectivity index (χ1v) is 11.1. The van der Waals surface area contributed by atoms with Crippen molar-refractivity contribution >= 4 is 18.0 Å². The summed E-state index contributed by atoms with van der Waals surface area (Å²) < 4.78 is 5.42. The molecule has 7 heteroatoms. The lowest BCUT2D eigenvalue weighted by Crippen LogP contribution is -2.38. The average molecular weight is 439 g/mol. The highest BCUT2D eigenvalue weighted by Crippen LogP contribution is 2.44. The fourth-order valence-corrected chi connectivity index (χ4v) is 4.16. The Bertz CT molecular complexity index is 913. The number of ether oxygens (including phenoxy) is 1. The summed E-state index contributed by atoms with van der Waals surface area (Å²) >= 11 is 0. The van der Waals surface area contributed by atoms with Gasteiger partial charge in [-0.15, -0.1) is 0 Å². The van der Waals surface area contributed by atoms with Crippen molar-refractivity contribution in [3.05, 3.63) is 59.7 Å². The molecule has 0 aromatic heterocycles. The molecule has 0 spiro atoms. The van der Waals surface area contributed by atoms with Gasteiger partial charge in [-0.3, -0.25) is 9.59 Å². The largest absolute Gasteiger partial charge is 0.481 e. The quantitative estimate of drug-likeness (QED) is 0.493. The standard InChI is InChI=1S/C25H30N2O5/c1-2-17(11-12-24(29)30)13-14-26-23(28)15-27-25(31)32-16-22-20-9-5-3-7-18(20)19-8-4-6-10-21(19)22/h3-10,17,22H,2,11-16H2,1H3,(H,26,28)(H,27,31)(H,29,30). The van der Waals surface area contributed by atoms with Crippen LogP contribution < -0.4 is 10.6 Å². The van der Waals surface area contributed by atoms with Gasteiger partial charge in [0.1, 0.15) is 6.61 Å². The third kappa shape index (κ3) is 6.09. The molecule has 170 valence electrons. The van der Waals surface area contributed by atoms with Crippen molar-refractivity contribution in [2.45, 2.75) is 38.5 Å². The van der Waals surface area contributed by atoms with Gasteiger partial charge >= 0.3 is 12.1 Å². The van der Waals surface area contributed by atoms with Gasteiger partial charge in [-0.25, -0.2) is 4.79 Å². The molecule has 2 aromatic rings. The van der Waals surface area contributed by atoms with E-state index in [1.165, 1.54) is 0 Å². The van der Waals surface area contributed by atoms with Crippen LogP contribution in [0.1, 0.15) is 49.7 Å². The summed E-state index contributed by atoms with van der Waals surface area (Å²) in [6, 6.07) is 16.2. The fourth-order valence-electron chi connectivity index (χ4n) is 4.16. The SMILES string of the molecule is CCC(CCNC(=O)CNC(=O)OCC1c2ccccc2-c2ccccc21)CCC(=O)O. The van der Waals surface area contributed by atoms with Crippen molar-refractivity contribution in [3.8, 4) is 11.1 Å². The van der Waals surface area contributed by atoms with E-state index in [1.54, 1.807) is 0 Å². The number of carboxylic acids is 1. The van der Waals surface area contributed by atoms with Crippen molar-refractivity contribution in [2.75, 3.05) is 19.7 Å². The van der Waals surface area contributed by atoms with E-state index in [2.05, 4.69) is 34.9 Å². The predicted molar refractivity (Wildman–Crippen MR) is 121 cm³/mol. The molecule has 0 fully saturated rings. The number of carbonyl (C=O) groups is 3. The van der Waals surface area contributed by atoms with Crippen LogP contribution in [-0.4, -0.2) is 42.8 Å². The van der Waals surface area contributed by atoms with Crippen molar-refractivity contribution in [1.29, 1.82) is 0 Å². The van der Waals surface area contributed by atoms with Crippen LogP contribution in [0.25, 0.3) is 11.1 Å². The molecule has 2 amide bonds. The van der Waals surface area contributed by atoms with Crippen LogP contribution in [0.3, 0.4) is 0 Å². The predicted octanol–water partition coefficient (Wildman–Crippen LogP) is 3.92. The van der Waals surface area contributed by atoms with Gasteiger partial charge in [-0.05, 0) is 41.0 Å². The smallest absolute Gasteiger partial charge is 0.407 e. The number of carboxylic acid groups (broad SMARTS) is 1. The summed E-state index contributed by atoms with van der Waals surface area (Å²) in [7, 11) is 0. The Morgan fingerprint density at radius 3 is 2.19 bits per heavy atom. The zero-order valence-corrected chi connectivity index (χ0v) is 18.3. The maximum Gasteiger partial charge on any atom is 0.407 e. The maximum absolute atomic E-state index is 12.1. The normalized spacial score (nSPS) is 13.0. The molecule has 1 unspecified atom stereocenters. The number of benzene rings is 2. The summed E-state index contributed by atoms with van der Waals surface area (Å²) in [5.41, 5.74) is 4.58. The topological polar surface area (TPSA) is 105 Å². The summed E-state index contributed by atoms with van der Waals surface area (Å²) in [6.07, 6.45) is 1.67. The van der Waals surface area contributed by atoms with Gasteiger partial charge < -0.3 is 20.5 Å². The lowest BCUT2D eigenvalue weighted by Gasteiger charge is -2.15. The van der Waals surface area contributed by atoms with Gasteiger partial charge in [0, 0.05) is 18.9 Å². The average Bonchev–Trinajstić information content (AvgIpc) is 3.12. The summed E-state index contributed by atoms with van der Waals surface area (Å²) in [4.78, 5) is 34.8. The molecule has 0 bridgehead atoms. The van der Waals surface area contributed by atoms with E-state index in [-0.39, 0.29) is 37.3 Å². The number of carbonyl (C=O) groups excluding carboxylic acids is 2. The van der Waals surface area contributed by atoms with Crippen molar-refractivity contribution in [3.63, 3.8) is 0 Å². The Kier molecular flexibility index (Phi) is 8.25. The molecule has 0 saturated carbocycles. The zero-order valence-electron chi connectivity index (χ0n) is 18.3. The van der Waals surface area contributed by atoms with E-state index in [1.807, 2.05) is 31.2 Å². The van der Waals surface area contributed by atoms with Crippen LogP contribution in [0.15, 0.2) is 48.5 Å². The highest BCUT2D eigenvalue weighted by molar-refractivity contribution is 5.82. The van der Waals surface area contributed by atoms with Crippen LogP contribution >= 0.6 is 0 Å². The Morgan fingerprint density at radius 2 is 1.59 bits per heavy atom. The lowest BCUT2D eigenvalue weighted by molar-refractivity contribution is -0.137.